The number of hydrogen-bond acceptors (Lipinski definition) is 4. The van der Waals surface area contributed by atoms with E-state index in [1.165, 1.54) is 0 Å². The summed E-state index contributed by atoms with van der Waals surface area (Å²) >= 11 is 0. The minimum absolute atomic E-state index is 0.0153. The number of carbonyl (C=O) groups is 2. The van der Waals surface area contributed by atoms with Gasteiger partial charge in [-0.15, -0.1) is 0 Å². The molecule has 2 aromatic heterocycles. The van der Waals surface area contributed by atoms with Crippen molar-refractivity contribution in [2.24, 2.45) is 5.92 Å². The Morgan fingerprint density at radius 3 is 2.69 bits per heavy atom. The molecule has 2 amide bonds. The van der Waals surface area contributed by atoms with Gasteiger partial charge in [0.2, 0.25) is 5.91 Å². The van der Waals surface area contributed by atoms with Crippen molar-refractivity contribution in [3.63, 3.8) is 0 Å². The number of piperidine rings is 1. The number of carbonyl (C=O) groups excluding carboxylic acids is 2. The highest BCUT2D eigenvalue weighted by Gasteiger charge is 2.29. The lowest BCUT2D eigenvalue weighted by molar-refractivity contribution is -0.126. The summed E-state index contributed by atoms with van der Waals surface area (Å²) in [6.07, 6.45) is 4.71. The van der Waals surface area contributed by atoms with Crippen LogP contribution in [0.2, 0.25) is 0 Å². The molecule has 1 aliphatic rings. The van der Waals surface area contributed by atoms with E-state index in [2.05, 4.69) is 10.3 Å². The molecule has 0 saturated carbocycles. The van der Waals surface area contributed by atoms with Gasteiger partial charge in [0, 0.05) is 25.2 Å². The molecule has 0 spiro atoms. The first-order chi connectivity index (χ1) is 12.3. The number of rotatable bonds is 3. The number of aromatic nitrogens is 2. The van der Waals surface area contributed by atoms with Gasteiger partial charge in [-0.25, -0.2) is 9.78 Å². The fraction of sp³-hybridized carbons (Fsp3) is 0.526. The quantitative estimate of drug-likeness (QED) is 0.915. The predicted molar refractivity (Wildman–Crippen MR) is 97.6 cm³/mol. The van der Waals surface area contributed by atoms with Crippen LogP contribution in [-0.4, -0.2) is 45.0 Å². The Hall–Kier alpha value is -2.57. The summed E-state index contributed by atoms with van der Waals surface area (Å²) in [5, 5.41) is 2.97. The van der Waals surface area contributed by atoms with Crippen LogP contribution in [0, 0.1) is 5.92 Å². The average molecular weight is 358 g/mol. The summed E-state index contributed by atoms with van der Waals surface area (Å²) in [5.41, 5.74) is 0.501. The zero-order chi connectivity index (χ0) is 18.7. The molecule has 2 aromatic rings. The molecular weight excluding hydrogens is 332 g/mol. The minimum Gasteiger partial charge on any atom is -0.444 e. The van der Waals surface area contributed by atoms with Crippen molar-refractivity contribution in [1.29, 1.82) is 0 Å². The first kappa shape index (κ1) is 18.2. The number of nitrogens with zero attached hydrogens (tertiary/aromatic N) is 3. The molecule has 26 heavy (non-hydrogen) atoms. The van der Waals surface area contributed by atoms with Gasteiger partial charge in [0.15, 0.2) is 0 Å². The Kier molecular flexibility index (Phi) is 5.15. The van der Waals surface area contributed by atoms with Crippen LogP contribution in [0.5, 0.6) is 0 Å². The van der Waals surface area contributed by atoms with Crippen molar-refractivity contribution in [1.82, 2.24) is 19.6 Å². The highest BCUT2D eigenvalue weighted by atomic mass is 16.6. The van der Waals surface area contributed by atoms with Crippen molar-refractivity contribution in [3.05, 3.63) is 36.4 Å². The Balaban J connectivity index is 1.49. The van der Waals surface area contributed by atoms with Crippen LogP contribution in [0.3, 0.4) is 0 Å². The molecule has 0 aliphatic carbocycles. The summed E-state index contributed by atoms with van der Waals surface area (Å²) in [7, 11) is 0. The first-order valence-corrected chi connectivity index (χ1v) is 9.00. The van der Waals surface area contributed by atoms with Crippen molar-refractivity contribution >= 4 is 17.5 Å². The van der Waals surface area contributed by atoms with Crippen LogP contribution < -0.4 is 5.32 Å². The third kappa shape index (κ3) is 4.33. The lowest BCUT2D eigenvalue weighted by atomic mass is 9.96. The van der Waals surface area contributed by atoms with Gasteiger partial charge in [0.1, 0.15) is 11.4 Å². The van der Waals surface area contributed by atoms with Gasteiger partial charge in [-0.05, 0) is 45.7 Å². The van der Waals surface area contributed by atoms with Crippen LogP contribution in [0.1, 0.15) is 39.4 Å². The number of imidazole rings is 1. The predicted octanol–water partition coefficient (Wildman–Crippen LogP) is 2.60. The molecule has 1 N–H and O–H groups in total. The maximum atomic E-state index is 12.5. The van der Waals surface area contributed by atoms with Gasteiger partial charge in [0.05, 0.1) is 18.3 Å². The van der Waals surface area contributed by atoms with Crippen LogP contribution >= 0.6 is 0 Å². The van der Waals surface area contributed by atoms with Crippen molar-refractivity contribution in [3.8, 4) is 0 Å². The maximum absolute atomic E-state index is 12.5. The van der Waals surface area contributed by atoms with Crippen LogP contribution in [0.15, 0.2) is 30.6 Å². The molecule has 0 bridgehead atoms. The molecule has 1 saturated heterocycles. The smallest absolute Gasteiger partial charge is 0.410 e. The standard InChI is InChI=1S/C19H26N4O3/c1-19(2,3)26-18(25)22-10-7-14(8-11-22)17(24)21-13-16-20-12-15-6-4-5-9-23(15)16/h4-6,9,12,14H,7-8,10-11,13H2,1-3H3,(H,21,24). The number of likely N-dealkylation sites (tertiary alicyclic amines) is 1. The summed E-state index contributed by atoms with van der Waals surface area (Å²) in [4.78, 5) is 30.6. The first-order valence-electron chi connectivity index (χ1n) is 9.00. The van der Waals surface area contributed by atoms with Crippen molar-refractivity contribution in [2.45, 2.75) is 45.8 Å². The Labute approximate surface area is 153 Å². The molecule has 7 nitrogen and oxygen atoms in total. The second kappa shape index (κ2) is 7.35. The molecule has 1 aliphatic heterocycles. The summed E-state index contributed by atoms with van der Waals surface area (Å²) in [6, 6.07) is 5.87. The summed E-state index contributed by atoms with van der Waals surface area (Å²) < 4.78 is 7.35. The number of nitrogens with one attached hydrogen (secondary N) is 1. The van der Waals surface area contributed by atoms with Crippen molar-refractivity contribution < 1.29 is 14.3 Å². The zero-order valence-electron chi connectivity index (χ0n) is 15.6. The van der Waals surface area contributed by atoms with Crippen LogP contribution in [0.4, 0.5) is 4.79 Å². The lowest BCUT2D eigenvalue weighted by Crippen LogP contribution is -2.44. The number of fused-ring (bicyclic) bond motifs is 1. The van der Waals surface area contributed by atoms with Crippen molar-refractivity contribution in [2.75, 3.05) is 13.1 Å². The van der Waals surface area contributed by atoms with Gasteiger partial charge in [-0.2, -0.15) is 0 Å². The van der Waals surface area contributed by atoms with Gasteiger partial charge >= 0.3 is 6.09 Å². The maximum Gasteiger partial charge on any atom is 0.410 e. The summed E-state index contributed by atoms with van der Waals surface area (Å²) in [6.45, 7) is 7.03. The Morgan fingerprint density at radius 2 is 2.00 bits per heavy atom. The molecule has 0 radical (unpaired) electrons. The molecule has 0 aromatic carbocycles. The largest absolute Gasteiger partial charge is 0.444 e. The molecule has 3 rings (SSSR count). The van der Waals surface area contributed by atoms with E-state index in [0.717, 1.165) is 11.3 Å². The molecule has 0 unspecified atom stereocenters. The van der Waals surface area contributed by atoms with E-state index in [0.29, 0.717) is 32.5 Å². The monoisotopic (exact) mass is 358 g/mol. The second-order valence-corrected chi connectivity index (χ2v) is 7.63. The number of amides is 2. The van der Waals surface area contributed by atoms with E-state index in [-0.39, 0.29) is 17.9 Å². The Morgan fingerprint density at radius 1 is 1.27 bits per heavy atom. The highest BCUT2D eigenvalue weighted by Crippen LogP contribution is 2.20. The minimum atomic E-state index is -0.502. The van der Waals surface area contributed by atoms with Gasteiger partial charge in [0.25, 0.3) is 0 Å². The van der Waals surface area contributed by atoms with E-state index >= 15 is 0 Å². The SMILES string of the molecule is CC(C)(C)OC(=O)N1CCC(C(=O)NCc2ncc3ccccn23)CC1. The second-order valence-electron chi connectivity index (χ2n) is 7.63. The van der Waals surface area contributed by atoms with Crippen LogP contribution in [-0.2, 0) is 16.1 Å². The molecule has 140 valence electrons. The van der Waals surface area contributed by atoms with E-state index in [9.17, 15) is 9.59 Å². The fourth-order valence-corrected chi connectivity index (χ4v) is 3.09. The van der Waals surface area contributed by atoms with Gasteiger partial charge < -0.3 is 19.4 Å². The molecule has 1 fully saturated rings. The Bertz CT molecular complexity index is 785. The molecular formula is C19H26N4O3. The van der Waals surface area contributed by atoms with E-state index < -0.39 is 5.60 Å². The van der Waals surface area contributed by atoms with E-state index in [1.807, 2.05) is 49.6 Å². The number of pyridine rings is 1. The third-order valence-electron chi connectivity index (χ3n) is 4.45. The number of ether oxygens (including phenoxy) is 1. The summed E-state index contributed by atoms with van der Waals surface area (Å²) in [5.74, 6) is 0.738. The van der Waals surface area contributed by atoms with Gasteiger partial charge in [-0.3, -0.25) is 4.79 Å². The highest BCUT2D eigenvalue weighted by molar-refractivity contribution is 5.79. The van der Waals surface area contributed by atoms with Gasteiger partial charge in [-0.1, -0.05) is 6.07 Å². The fourth-order valence-electron chi connectivity index (χ4n) is 3.09. The molecule has 3 heterocycles. The van der Waals surface area contributed by atoms with Crippen LogP contribution in [0.25, 0.3) is 5.52 Å². The number of hydrogen-bond donors (Lipinski definition) is 1. The average Bonchev–Trinajstić information content (AvgIpc) is 3.01. The topological polar surface area (TPSA) is 75.9 Å². The zero-order valence-corrected chi connectivity index (χ0v) is 15.6. The van der Waals surface area contributed by atoms with E-state index in [4.69, 9.17) is 4.74 Å². The molecule has 0 atom stereocenters. The lowest BCUT2D eigenvalue weighted by Gasteiger charge is -2.32. The third-order valence-corrected chi connectivity index (χ3v) is 4.45. The van der Waals surface area contributed by atoms with E-state index in [1.54, 1.807) is 11.1 Å². The molecule has 7 heteroatoms. The normalized spacial score (nSPS) is 15.9.